The molecule has 3 nitrogen and oxygen atoms in total. The number of esters is 1. The van der Waals surface area contributed by atoms with Crippen LogP contribution in [0.2, 0.25) is 0 Å². The molecule has 1 fully saturated rings. The number of piperidine rings is 1. The first kappa shape index (κ1) is 13.4. The molecule has 0 radical (unpaired) electrons. The van der Waals surface area contributed by atoms with E-state index in [4.69, 9.17) is 4.74 Å². The highest BCUT2D eigenvalue weighted by atomic mass is 16.5. The average molecular weight is 201 g/mol. The first-order chi connectivity index (χ1) is 6.75. The van der Waals surface area contributed by atoms with Crippen LogP contribution in [-0.2, 0) is 9.53 Å². The minimum Gasteiger partial charge on any atom is -0.466 e. The highest BCUT2D eigenvalue weighted by Gasteiger charge is 2.28. The van der Waals surface area contributed by atoms with Crippen molar-refractivity contribution in [3.63, 3.8) is 0 Å². The van der Waals surface area contributed by atoms with Gasteiger partial charge in [-0.2, -0.15) is 0 Å². The largest absolute Gasteiger partial charge is 0.466 e. The van der Waals surface area contributed by atoms with Crippen LogP contribution < -0.4 is 5.32 Å². The molecule has 0 spiro atoms. The number of rotatable bonds is 2. The summed E-state index contributed by atoms with van der Waals surface area (Å²) in [6.07, 6.45) is 0.917. The summed E-state index contributed by atoms with van der Waals surface area (Å²) in [6, 6.07) is 0. The monoisotopic (exact) mass is 201 g/mol. The zero-order valence-electron chi connectivity index (χ0n) is 9.80. The Morgan fingerprint density at radius 2 is 2.14 bits per heavy atom. The summed E-state index contributed by atoms with van der Waals surface area (Å²) < 4.78 is 4.99. The van der Waals surface area contributed by atoms with Crippen molar-refractivity contribution in [3.8, 4) is 0 Å². The van der Waals surface area contributed by atoms with Gasteiger partial charge < -0.3 is 10.1 Å². The number of hydrogen-bond donors (Lipinski definition) is 1. The van der Waals surface area contributed by atoms with Gasteiger partial charge in [-0.1, -0.05) is 20.8 Å². The molecule has 1 heterocycles. The third-order valence-electron chi connectivity index (χ3n) is 2.37. The fourth-order valence-corrected chi connectivity index (χ4v) is 1.61. The molecule has 2 unspecified atom stereocenters. The lowest BCUT2D eigenvalue weighted by Gasteiger charge is -2.27. The summed E-state index contributed by atoms with van der Waals surface area (Å²) in [5, 5.41) is 3.25. The Labute approximate surface area is 87.2 Å². The lowest BCUT2D eigenvalue weighted by atomic mass is 9.88. The number of carbonyl (C=O) groups is 1. The van der Waals surface area contributed by atoms with Gasteiger partial charge in [0.05, 0.1) is 12.5 Å². The molecule has 0 amide bonds. The molecule has 1 saturated heterocycles. The van der Waals surface area contributed by atoms with Crippen LogP contribution in [0.1, 0.15) is 34.1 Å². The molecule has 0 aliphatic carbocycles. The van der Waals surface area contributed by atoms with Crippen LogP contribution in [-0.4, -0.2) is 25.7 Å². The highest BCUT2D eigenvalue weighted by Crippen LogP contribution is 2.19. The van der Waals surface area contributed by atoms with Crippen LogP contribution in [0, 0.1) is 11.8 Å². The van der Waals surface area contributed by atoms with Crippen molar-refractivity contribution in [1.29, 1.82) is 0 Å². The van der Waals surface area contributed by atoms with Crippen LogP contribution in [0.4, 0.5) is 0 Å². The zero-order valence-corrected chi connectivity index (χ0v) is 9.80. The molecule has 1 aliphatic heterocycles. The molecule has 84 valence electrons. The smallest absolute Gasteiger partial charge is 0.309 e. The van der Waals surface area contributed by atoms with Crippen LogP contribution in [0.3, 0.4) is 0 Å². The van der Waals surface area contributed by atoms with Gasteiger partial charge in [0.15, 0.2) is 0 Å². The Kier molecular flexibility index (Phi) is 7.48. The Balaban J connectivity index is 0.000000791. The summed E-state index contributed by atoms with van der Waals surface area (Å²) in [6.45, 7) is 10.3. The molecular weight excluding hydrogens is 178 g/mol. The Morgan fingerprint density at radius 1 is 1.50 bits per heavy atom. The van der Waals surface area contributed by atoms with E-state index in [2.05, 4.69) is 12.2 Å². The van der Waals surface area contributed by atoms with Crippen molar-refractivity contribution in [2.75, 3.05) is 19.7 Å². The minimum atomic E-state index is -0.0218. The third kappa shape index (κ3) is 4.09. The first-order valence-electron chi connectivity index (χ1n) is 5.63. The normalized spacial score (nSPS) is 26.0. The van der Waals surface area contributed by atoms with Crippen molar-refractivity contribution in [1.82, 2.24) is 5.32 Å². The van der Waals surface area contributed by atoms with Gasteiger partial charge >= 0.3 is 5.97 Å². The first-order valence-corrected chi connectivity index (χ1v) is 5.63. The number of nitrogens with one attached hydrogen (secondary N) is 1. The molecule has 0 saturated carbocycles. The molecule has 1 aliphatic rings. The minimum absolute atomic E-state index is 0.0218. The number of ether oxygens (including phenoxy) is 1. The molecule has 0 aromatic heterocycles. The van der Waals surface area contributed by atoms with Crippen molar-refractivity contribution >= 4 is 5.97 Å². The fraction of sp³-hybridized carbons (Fsp3) is 0.909. The van der Waals surface area contributed by atoms with E-state index in [0.29, 0.717) is 12.5 Å². The van der Waals surface area contributed by atoms with Crippen molar-refractivity contribution in [2.45, 2.75) is 34.1 Å². The molecular formula is C11H23NO2. The maximum absolute atomic E-state index is 11.4. The third-order valence-corrected chi connectivity index (χ3v) is 2.37. The van der Waals surface area contributed by atoms with Gasteiger partial charge in [0, 0.05) is 0 Å². The van der Waals surface area contributed by atoms with E-state index in [9.17, 15) is 4.79 Å². The summed E-state index contributed by atoms with van der Waals surface area (Å²) in [5.74, 6) is 0.510. The van der Waals surface area contributed by atoms with Gasteiger partial charge in [0.25, 0.3) is 0 Å². The number of carbonyl (C=O) groups excluding carboxylic acids is 1. The van der Waals surface area contributed by atoms with E-state index in [1.54, 1.807) is 0 Å². The summed E-state index contributed by atoms with van der Waals surface area (Å²) >= 11 is 0. The second-order valence-electron chi connectivity index (χ2n) is 3.33. The van der Waals surface area contributed by atoms with E-state index in [1.807, 2.05) is 20.8 Å². The maximum atomic E-state index is 11.4. The quantitative estimate of drug-likeness (QED) is 0.693. The van der Waals surface area contributed by atoms with E-state index in [0.717, 1.165) is 19.5 Å². The molecule has 1 N–H and O–H groups in total. The SMILES string of the molecule is CC.CCOC(=O)C1CCNCC1C. The van der Waals surface area contributed by atoms with Gasteiger partial charge in [-0.3, -0.25) is 4.79 Å². The molecule has 3 heteroatoms. The summed E-state index contributed by atoms with van der Waals surface area (Å²) in [5.41, 5.74) is 0. The van der Waals surface area contributed by atoms with Crippen molar-refractivity contribution < 1.29 is 9.53 Å². The Bertz CT molecular complexity index is 159. The lowest BCUT2D eigenvalue weighted by molar-refractivity contribution is -0.150. The van der Waals surface area contributed by atoms with Crippen molar-refractivity contribution in [3.05, 3.63) is 0 Å². The van der Waals surface area contributed by atoms with Gasteiger partial charge in [0.1, 0.15) is 0 Å². The van der Waals surface area contributed by atoms with E-state index in [1.165, 1.54) is 0 Å². The second-order valence-corrected chi connectivity index (χ2v) is 3.33. The highest BCUT2D eigenvalue weighted by molar-refractivity contribution is 5.72. The van der Waals surface area contributed by atoms with Crippen LogP contribution >= 0.6 is 0 Å². The molecule has 0 aromatic rings. The van der Waals surface area contributed by atoms with Gasteiger partial charge in [-0.25, -0.2) is 0 Å². The molecule has 0 aromatic carbocycles. The van der Waals surface area contributed by atoms with E-state index >= 15 is 0 Å². The summed E-state index contributed by atoms with van der Waals surface area (Å²) in [4.78, 5) is 11.4. The van der Waals surface area contributed by atoms with Gasteiger partial charge in [0.2, 0.25) is 0 Å². The predicted octanol–water partition coefficient (Wildman–Crippen LogP) is 1.82. The lowest BCUT2D eigenvalue weighted by Crippen LogP contribution is -2.39. The number of hydrogen-bond acceptors (Lipinski definition) is 3. The Hall–Kier alpha value is -0.570. The predicted molar refractivity (Wildman–Crippen MR) is 58.1 cm³/mol. The maximum Gasteiger partial charge on any atom is 0.309 e. The van der Waals surface area contributed by atoms with E-state index in [-0.39, 0.29) is 11.9 Å². The van der Waals surface area contributed by atoms with Crippen LogP contribution in [0.15, 0.2) is 0 Å². The van der Waals surface area contributed by atoms with Gasteiger partial charge in [-0.15, -0.1) is 0 Å². The van der Waals surface area contributed by atoms with Gasteiger partial charge in [-0.05, 0) is 32.4 Å². The molecule has 2 atom stereocenters. The Morgan fingerprint density at radius 3 is 2.64 bits per heavy atom. The van der Waals surface area contributed by atoms with E-state index < -0.39 is 0 Å². The van der Waals surface area contributed by atoms with Crippen LogP contribution in [0.25, 0.3) is 0 Å². The summed E-state index contributed by atoms with van der Waals surface area (Å²) in [7, 11) is 0. The molecule has 1 rings (SSSR count). The zero-order chi connectivity index (χ0) is 11.0. The molecule has 14 heavy (non-hydrogen) atoms. The van der Waals surface area contributed by atoms with Crippen molar-refractivity contribution in [2.24, 2.45) is 11.8 Å². The topological polar surface area (TPSA) is 38.3 Å². The average Bonchev–Trinajstić information content (AvgIpc) is 2.22. The molecule has 0 bridgehead atoms. The standard InChI is InChI=1S/C9H17NO2.C2H6/c1-3-12-9(11)8-4-5-10-6-7(8)2;1-2/h7-8,10H,3-6H2,1-2H3;1-2H3. The fourth-order valence-electron chi connectivity index (χ4n) is 1.61. The second kappa shape index (κ2) is 7.80. The van der Waals surface area contributed by atoms with Crippen LogP contribution in [0.5, 0.6) is 0 Å².